The fourth-order valence-electron chi connectivity index (χ4n) is 1.95. The monoisotopic (exact) mass is 372 g/mol. The minimum atomic E-state index is -3.63. The van der Waals surface area contributed by atoms with Crippen LogP contribution in [-0.4, -0.2) is 57.0 Å². The summed E-state index contributed by atoms with van der Waals surface area (Å²) in [6, 6.07) is 8.49. The SMILES string of the molecule is CC(C)OCCS(=O)(=O)NCC(=O)NCC(C(=O)O)c1ccccc1. The van der Waals surface area contributed by atoms with Gasteiger partial charge in [-0.3, -0.25) is 9.59 Å². The van der Waals surface area contributed by atoms with Gasteiger partial charge in [-0.1, -0.05) is 30.3 Å². The highest BCUT2D eigenvalue weighted by Gasteiger charge is 2.21. The summed E-state index contributed by atoms with van der Waals surface area (Å²) in [6.45, 7) is 3.03. The number of amides is 1. The Morgan fingerprint density at radius 1 is 1.20 bits per heavy atom. The van der Waals surface area contributed by atoms with E-state index in [1.54, 1.807) is 44.2 Å². The molecule has 1 aromatic carbocycles. The summed E-state index contributed by atoms with van der Waals surface area (Å²) in [5.41, 5.74) is 0.557. The Hall–Kier alpha value is -1.97. The summed E-state index contributed by atoms with van der Waals surface area (Å²) in [5.74, 6) is -2.82. The van der Waals surface area contributed by atoms with E-state index in [4.69, 9.17) is 4.74 Å². The summed E-state index contributed by atoms with van der Waals surface area (Å²) in [6.07, 6.45) is -0.0792. The van der Waals surface area contributed by atoms with Gasteiger partial charge in [-0.2, -0.15) is 0 Å². The van der Waals surface area contributed by atoms with Crippen molar-refractivity contribution in [1.82, 2.24) is 10.0 Å². The van der Waals surface area contributed by atoms with Crippen LogP contribution in [0.5, 0.6) is 0 Å². The third kappa shape index (κ3) is 8.62. The molecule has 0 radical (unpaired) electrons. The molecule has 3 N–H and O–H groups in total. The number of carbonyl (C=O) groups is 2. The molecule has 0 spiro atoms. The third-order valence-corrected chi connectivity index (χ3v) is 4.55. The Bertz CT molecular complexity index is 660. The summed E-state index contributed by atoms with van der Waals surface area (Å²) in [4.78, 5) is 23.1. The molecule has 0 saturated heterocycles. The third-order valence-electron chi connectivity index (χ3n) is 3.26. The Labute approximate surface area is 147 Å². The first kappa shape index (κ1) is 21.1. The number of hydrogen-bond donors (Lipinski definition) is 3. The topological polar surface area (TPSA) is 122 Å². The van der Waals surface area contributed by atoms with Gasteiger partial charge in [-0.15, -0.1) is 0 Å². The van der Waals surface area contributed by atoms with Crippen LogP contribution in [0, 0.1) is 0 Å². The van der Waals surface area contributed by atoms with Crippen molar-refractivity contribution in [3.8, 4) is 0 Å². The van der Waals surface area contributed by atoms with Gasteiger partial charge in [0.25, 0.3) is 0 Å². The lowest BCUT2D eigenvalue weighted by Gasteiger charge is -2.14. The molecular weight excluding hydrogens is 348 g/mol. The summed E-state index contributed by atoms with van der Waals surface area (Å²) >= 11 is 0. The van der Waals surface area contributed by atoms with Gasteiger partial charge < -0.3 is 15.2 Å². The zero-order chi connectivity index (χ0) is 18.9. The largest absolute Gasteiger partial charge is 0.481 e. The van der Waals surface area contributed by atoms with E-state index in [-0.39, 0.29) is 25.0 Å². The molecule has 1 amide bonds. The number of aliphatic carboxylic acids is 1. The second kappa shape index (κ2) is 10.1. The Morgan fingerprint density at radius 3 is 2.40 bits per heavy atom. The van der Waals surface area contributed by atoms with Crippen LogP contribution >= 0.6 is 0 Å². The minimum absolute atomic E-state index is 0.0315. The second-order valence-corrected chi connectivity index (χ2v) is 7.59. The van der Waals surface area contributed by atoms with Gasteiger partial charge in [0.2, 0.25) is 15.9 Å². The molecule has 0 saturated carbocycles. The molecular formula is C16H24N2O6S. The maximum Gasteiger partial charge on any atom is 0.312 e. The quantitative estimate of drug-likeness (QED) is 0.514. The fraction of sp³-hybridized carbons (Fsp3) is 0.500. The number of ether oxygens (including phenoxy) is 1. The predicted octanol–water partition coefficient (Wildman–Crippen LogP) is 0.315. The van der Waals surface area contributed by atoms with Crippen molar-refractivity contribution in [3.05, 3.63) is 35.9 Å². The predicted molar refractivity (Wildman–Crippen MR) is 92.7 cm³/mol. The lowest BCUT2D eigenvalue weighted by molar-refractivity contribution is -0.138. The maximum absolute atomic E-state index is 11.8. The minimum Gasteiger partial charge on any atom is -0.481 e. The van der Waals surface area contributed by atoms with Crippen LogP contribution in [0.15, 0.2) is 30.3 Å². The van der Waals surface area contributed by atoms with E-state index in [1.807, 2.05) is 0 Å². The average molecular weight is 372 g/mol. The zero-order valence-corrected chi connectivity index (χ0v) is 15.1. The molecule has 8 nitrogen and oxygen atoms in total. The molecule has 0 aliphatic rings. The highest BCUT2D eigenvalue weighted by molar-refractivity contribution is 7.89. The van der Waals surface area contributed by atoms with Gasteiger partial charge in [0.15, 0.2) is 0 Å². The molecule has 140 valence electrons. The molecule has 0 bridgehead atoms. The standard InChI is InChI=1S/C16H24N2O6S/c1-12(2)24-8-9-25(22,23)18-11-15(19)17-10-14(16(20)21)13-6-4-3-5-7-13/h3-7,12,14,18H,8-11H2,1-2H3,(H,17,19)(H,20,21). The second-order valence-electron chi connectivity index (χ2n) is 5.67. The average Bonchev–Trinajstić information content (AvgIpc) is 2.53. The molecule has 0 fully saturated rings. The number of hydrogen-bond acceptors (Lipinski definition) is 5. The molecule has 1 unspecified atom stereocenters. The summed E-state index contributed by atoms with van der Waals surface area (Å²) in [5, 5.41) is 11.7. The van der Waals surface area contributed by atoms with Crippen LogP contribution < -0.4 is 10.0 Å². The molecule has 0 aromatic heterocycles. The normalized spacial score (nSPS) is 12.8. The lowest BCUT2D eigenvalue weighted by Crippen LogP contribution is -2.40. The van der Waals surface area contributed by atoms with Crippen molar-refractivity contribution >= 4 is 21.9 Å². The van der Waals surface area contributed by atoms with Gasteiger partial charge in [-0.05, 0) is 19.4 Å². The fourth-order valence-corrected chi connectivity index (χ4v) is 2.76. The van der Waals surface area contributed by atoms with Crippen molar-refractivity contribution in [2.75, 3.05) is 25.4 Å². The molecule has 25 heavy (non-hydrogen) atoms. The van der Waals surface area contributed by atoms with Crippen LogP contribution in [0.3, 0.4) is 0 Å². The molecule has 1 atom stereocenters. The van der Waals surface area contributed by atoms with Crippen LogP contribution in [0.4, 0.5) is 0 Å². The van der Waals surface area contributed by atoms with Crippen LogP contribution in [0.1, 0.15) is 25.3 Å². The first-order valence-corrected chi connectivity index (χ1v) is 9.50. The van der Waals surface area contributed by atoms with Crippen LogP contribution in [0.2, 0.25) is 0 Å². The van der Waals surface area contributed by atoms with Crippen molar-refractivity contribution in [2.24, 2.45) is 0 Å². The highest BCUT2D eigenvalue weighted by Crippen LogP contribution is 2.14. The number of nitrogens with one attached hydrogen (secondary N) is 2. The van der Waals surface area contributed by atoms with Crippen LogP contribution in [-0.2, 0) is 24.3 Å². The van der Waals surface area contributed by atoms with E-state index in [2.05, 4.69) is 10.0 Å². The number of benzene rings is 1. The number of sulfonamides is 1. The molecule has 0 heterocycles. The van der Waals surface area contributed by atoms with E-state index in [0.29, 0.717) is 5.56 Å². The van der Waals surface area contributed by atoms with Gasteiger partial charge in [0.1, 0.15) is 0 Å². The van der Waals surface area contributed by atoms with E-state index < -0.39 is 34.4 Å². The van der Waals surface area contributed by atoms with E-state index in [9.17, 15) is 23.1 Å². The molecule has 9 heteroatoms. The van der Waals surface area contributed by atoms with Crippen molar-refractivity contribution < 1.29 is 27.9 Å². The maximum atomic E-state index is 11.8. The van der Waals surface area contributed by atoms with Gasteiger partial charge >= 0.3 is 5.97 Å². The van der Waals surface area contributed by atoms with Crippen LogP contribution in [0.25, 0.3) is 0 Å². The van der Waals surface area contributed by atoms with Crippen molar-refractivity contribution in [3.63, 3.8) is 0 Å². The molecule has 0 aliphatic heterocycles. The highest BCUT2D eigenvalue weighted by atomic mass is 32.2. The van der Waals surface area contributed by atoms with Crippen molar-refractivity contribution in [1.29, 1.82) is 0 Å². The summed E-state index contributed by atoms with van der Waals surface area (Å²) in [7, 11) is -3.63. The number of carbonyl (C=O) groups excluding carboxylic acids is 1. The first-order chi connectivity index (χ1) is 11.7. The number of carboxylic acids is 1. The van der Waals surface area contributed by atoms with E-state index in [1.165, 1.54) is 0 Å². The molecule has 1 aromatic rings. The van der Waals surface area contributed by atoms with Crippen molar-refractivity contribution in [2.45, 2.75) is 25.9 Å². The smallest absolute Gasteiger partial charge is 0.312 e. The van der Waals surface area contributed by atoms with Gasteiger partial charge in [0, 0.05) is 6.54 Å². The Morgan fingerprint density at radius 2 is 1.84 bits per heavy atom. The van der Waals surface area contributed by atoms with Gasteiger partial charge in [0.05, 0.1) is 30.9 Å². The molecule has 1 rings (SSSR count). The van der Waals surface area contributed by atoms with Gasteiger partial charge in [-0.25, -0.2) is 13.1 Å². The number of carboxylic acid groups (broad SMARTS) is 1. The Balaban J connectivity index is 2.44. The zero-order valence-electron chi connectivity index (χ0n) is 14.3. The lowest BCUT2D eigenvalue weighted by atomic mass is 9.99. The molecule has 0 aliphatic carbocycles. The number of rotatable bonds is 11. The summed E-state index contributed by atoms with van der Waals surface area (Å²) < 4.78 is 30.8. The first-order valence-electron chi connectivity index (χ1n) is 7.84. The Kier molecular flexibility index (Phi) is 8.53. The van der Waals surface area contributed by atoms with E-state index in [0.717, 1.165) is 0 Å². The van der Waals surface area contributed by atoms with E-state index >= 15 is 0 Å².